The van der Waals surface area contributed by atoms with Gasteiger partial charge in [-0.3, -0.25) is 19.2 Å². The van der Waals surface area contributed by atoms with Crippen molar-refractivity contribution in [1.29, 1.82) is 0 Å². The maximum atomic E-state index is 13.2. The summed E-state index contributed by atoms with van der Waals surface area (Å²) in [6.07, 6.45) is 23.0. The third-order valence-electron chi connectivity index (χ3n) is 13.1. The predicted molar refractivity (Wildman–Crippen MR) is 284 cm³/mol. The lowest BCUT2D eigenvalue weighted by Gasteiger charge is -2.43. The second kappa shape index (κ2) is 37.3. The van der Waals surface area contributed by atoms with Crippen LogP contribution in [0.1, 0.15) is 215 Å². The molecular weight excluding hydrogens is 883 g/mol. The molecule has 10 nitrogen and oxygen atoms in total. The Bertz CT molecular complexity index is 1590. The molecule has 0 heterocycles. The van der Waals surface area contributed by atoms with Crippen molar-refractivity contribution in [2.75, 3.05) is 33.4 Å². The molecule has 0 saturated heterocycles. The molecule has 11 heteroatoms. The molecule has 0 N–H and O–H groups in total. The van der Waals surface area contributed by atoms with Crippen LogP contribution in [0, 0.1) is 0 Å². The maximum Gasteiger partial charge on any atom is 0.306 e. The number of hydrogen-bond acceptors (Lipinski definition) is 10. The van der Waals surface area contributed by atoms with E-state index in [0.29, 0.717) is 45.4 Å². The molecule has 2 rings (SSSR count). The van der Waals surface area contributed by atoms with Crippen LogP contribution >= 0.6 is 0 Å². The van der Waals surface area contributed by atoms with E-state index in [4.69, 9.17) is 23.4 Å². The lowest BCUT2D eigenvalue weighted by Crippen LogP contribution is -2.67. The Balaban J connectivity index is 1.88. The van der Waals surface area contributed by atoms with Crippen molar-refractivity contribution in [3.05, 3.63) is 60.7 Å². The van der Waals surface area contributed by atoms with E-state index >= 15 is 0 Å². The molecule has 0 amide bonds. The first kappa shape index (κ1) is 61.6. The summed E-state index contributed by atoms with van der Waals surface area (Å²) in [6.45, 7) is 16.6. The monoisotopic (exact) mass is 980 g/mol. The minimum absolute atomic E-state index is 0.0351. The van der Waals surface area contributed by atoms with Gasteiger partial charge in [-0.05, 0) is 87.7 Å². The van der Waals surface area contributed by atoms with E-state index < -0.39 is 14.4 Å². The third-order valence-corrected chi connectivity index (χ3v) is 18.1. The van der Waals surface area contributed by atoms with Crippen molar-refractivity contribution in [3.8, 4) is 0 Å². The molecule has 0 aliphatic rings. The molecule has 69 heavy (non-hydrogen) atoms. The van der Waals surface area contributed by atoms with E-state index in [9.17, 15) is 19.2 Å². The number of carbonyl (C=O) groups excluding carboxylic acids is 4. The average Bonchev–Trinajstić information content (AvgIpc) is 3.31. The van der Waals surface area contributed by atoms with Gasteiger partial charge in [0.2, 0.25) is 0 Å². The number of benzene rings is 2. The minimum atomic E-state index is -2.73. The van der Waals surface area contributed by atoms with E-state index in [1.54, 1.807) is 0 Å². The first-order chi connectivity index (χ1) is 33.2. The summed E-state index contributed by atoms with van der Waals surface area (Å²) in [5.74, 6) is -0.945. The van der Waals surface area contributed by atoms with Crippen molar-refractivity contribution in [2.24, 2.45) is 0 Å². The minimum Gasteiger partial charge on any atom is -0.463 e. The SMILES string of the molecule is CCCCCCCCC(C)OC(=O)CCCCCCC(=O)OCC(CN(C)CCO[Si](c1ccccc1)(c1ccccc1)C(C)(C)C)OC(=O)CCCCCCC(=O)OC(C)CCCCCCCC. The van der Waals surface area contributed by atoms with Crippen LogP contribution in [0.25, 0.3) is 0 Å². The Hall–Kier alpha value is -3.54. The lowest BCUT2D eigenvalue weighted by molar-refractivity contribution is -0.160. The lowest BCUT2D eigenvalue weighted by atomic mass is 10.1. The molecule has 3 atom stereocenters. The molecular formula is C58H97NO9Si. The van der Waals surface area contributed by atoms with Crippen LogP contribution in [0.4, 0.5) is 0 Å². The van der Waals surface area contributed by atoms with Gasteiger partial charge < -0.3 is 28.3 Å². The van der Waals surface area contributed by atoms with Crippen LogP contribution in [0.5, 0.6) is 0 Å². The Kier molecular flexibility index (Phi) is 33.3. The predicted octanol–water partition coefficient (Wildman–Crippen LogP) is 13.0. The normalized spacial score (nSPS) is 13.2. The number of hydrogen-bond donors (Lipinski definition) is 0. The largest absolute Gasteiger partial charge is 0.463 e. The molecule has 392 valence electrons. The van der Waals surface area contributed by atoms with Gasteiger partial charge in [-0.2, -0.15) is 0 Å². The first-order valence-corrected chi connectivity index (χ1v) is 29.3. The smallest absolute Gasteiger partial charge is 0.306 e. The van der Waals surface area contributed by atoms with Crippen molar-refractivity contribution < 1.29 is 42.6 Å². The maximum absolute atomic E-state index is 13.2. The summed E-state index contributed by atoms with van der Waals surface area (Å²) >= 11 is 0. The van der Waals surface area contributed by atoms with E-state index in [1.807, 2.05) is 33.0 Å². The Morgan fingerprint density at radius 3 is 1.32 bits per heavy atom. The summed E-state index contributed by atoms with van der Waals surface area (Å²) in [4.78, 5) is 53.1. The van der Waals surface area contributed by atoms with Gasteiger partial charge >= 0.3 is 23.9 Å². The number of likely N-dealkylation sites (N-methyl/N-ethyl adjacent to an activating group) is 1. The zero-order valence-electron chi connectivity index (χ0n) is 44.8. The summed E-state index contributed by atoms with van der Waals surface area (Å²) < 4.78 is 30.1. The molecule has 2 aromatic rings. The summed E-state index contributed by atoms with van der Waals surface area (Å²) in [5, 5.41) is 2.27. The van der Waals surface area contributed by atoms with Gasteiger partial charge in [-0.25, -0.2) is 0 Å². The Morgan fingerprint density at radius 1 is 0.522 bits per heavy atom. The quantitative estimate of drug-likeness (QED) is 0.0276. The molecule has 0 saturated carbocycles. The van der Waals surface area contributed by atoms with Crippen LogP contribution in [0.3, 0.4) is 0 Å². The molecule has 0 aliphatic carbocycles. The number of rotatable bonds is 41. The fourth-order valence-electron chi connectivity index (χ4n) is 9.08. The van der Waals surface area contributed by atoms with Gasteiger partial charge in [-0.15, -0.1) is 0 Å². The molecule has 0 radical (unpaired) electrons. The van der Waals surface area contributed by atoms with Crippen LogP contribution in [0.15, 0.2) is 60.7 Å². The highest BCUT2D eigenvalue weighted by molar-refractivity contribution is 6.99. The molecule has 0 spiro atoms. The van der Waals surface area contributed by atoms with E-state index in [0.717, 1.165) is 64.2 Å². The van der Waals surface area contributed by atoms with Gasteiger partial charge in [0.05, 0.1) is 12.2 Å². The van der Waals surface area contributed by atoms with Crippen LogP contribution < -0.4 is 10.4 Å². The number of unbranched alkanes of at least 4 members (excludes halogenated alkanes) is 16. The van der Waals surface area contributed by atoms with Crippen LogP contribution in [-0.2, 0) is 42.6 Å². The van der Waals surface area contributed by atoms with Crippen molar-refractivity contribution in [3.63, 3.8) is 0 Å². The molecule has 3 unspecified atom stereocenters. The topological polar surface area (TPSA) is 118 Å². The van der Waals surface area contributed by atoms with Gasteiger partial charge in [0.15, 0.2) is 0 Å². The van der Waals surface area contributed by atoms with E-state index in [2.05, 4.69) is 88.0 Å². The fraction of sp³-hybridized carbons (Fsp3) is 0.724. The Morgan fingerprint density at radius 2 is 0.899 bits per heavy atom. The molecule has 0 bridgehead atoms. The second-order valence-corrected chi connectivity index (χ2v) is 24.9. The van der Waals surface area contributed by atoms with Gasteiger partial charge in [-0.1, -0.05) is 185 Å². The van der Waals surface area contributed by atoms with Crippen molar-refractivity contribution in [2.45, 2.75) is 239 Å². The number of ether oxygens (including phenoxy) is 4. The van der Waals surface area contributed by atoms with Crippen molar-refractivity contribution >= 4 is 42.6 Å². The average molecular weight is 980 g/mol. The zero-order valence-corrected chi connectivity index (χ0v) is 45.8. The summed E-state index contributed by atoms with van der Waals surface area (Å²) in [6, 6.07) is 21.1. The van der Waals surface area contributed by atoms with Crippen LogP contribution in [0.2, 0.25) is 5.04 Å². The molecule has 0 aromatic heterocycles. The number of esters is 4. The summed E-state index contributed by atoms with van der Waals surface area (Å²) in [7, 11) is -0.759. The second-order valence-electron chi connectivity index (χ2n) is 20.6. The van der Waals surface area contributed by atoms with Gasteiger partial charge in [0, 0.05) is 45.4 Å². The third kappa shape index (κ3) is 27.6. The van der Waals surface area contributed by atoms with Gasteiger partial charge in [0.1, 0.15) is 12.7 Å². The number of carbonyl (C=O) groups is 4. The fourth-order valence-corrected chi connectivity index (χ4v) is 13.6. The van der Waals surface area contributed by atoms with E-state index in [1.165, 1.54) is 74.6 Å². The highest BCUT2D eigenvalue weighted by Crippen LogP contribution is 2.36. The number of nitrogens with zero attached hydrogens (tertiary/aromatic N) is 1. The highest BCUT2D eigenvalue weighted by Gasteiger charge is 2.50. The standard InChI is InChI=1S/C58H97NO9Si/c1-9-11-13-15-17-25-35-49(3)66-55(61)42-32-20-19-31-41-54(60)64-48-51(68-57(63)44-34-22-21-33-43-56(62)67-50(4)36-26-18-16-14-12-10-2)47-59(8)45-46-65-69(58(5,6)7,52-37-27-23-28-38-52)53-39-29-24-30-40-53/h23-24,27-30,37-40,49-51H,9-22,25-26,31-36,41-48H2,1-8H3. The Labute approximate surface area is 421 Å². The van der Waals surface area contributed by atoms with Crippen molar-refractivity contribution in [1.82, 2.24) is 4.90 Å². The molecule has 2 aromatic carbocycles. The van der Waals surface area contributed by atoms with Crippen LogP contribution in [-0.4, -0.2) is 88.8 Å². The highest BCUT2D eigenvalue weighted by atomic mass is 28.4. The first-order valence-electron chi connectivity index (χ1n) is 27.4. The van der Waals surface area contributed by atoms with E-state index in [-0.39, 0.29) is 60.6 Å². The zero-order chi connectivity index (χ0) is 50.6. The molecule has 0 fully saturated rings. The van der Waals surface area contributed by atoms with Gasteiger partial charge in [0.25, 0.3) is 8.32 Å². The summed E-state index contributed by atoms with van der Waals surface area (Å²) in [5.41, 5.74) is 0. The molecule has 0 aliphatic heterocycles.